The van der Waals surface area contributed by atoms with Crippen molar-refractivity contribution in [2.45, 2.75) is 26.2 Å². The van der Waals surface area contributed by atoms with E-state index in [1.807, 2.05) is 0 Å². The maximum atomic E-state index is 2.26. The van der Waals surface area contributed by atoms with Crippen LogP contribution in [0, 0.1) is 0 Å². The summed E-state index contributed by atoms with van der Waals surface area (Å²) in [6.45, 7) is 4.48. The standard InChI is InChI=1S/C10H14.Na.H/c1-3-9(2)10-7-5-4-6-8-10;;/h4-9H,3H2,1-2H3;;. The van der Waals surface area contributed by atoms with Gasteiger partial charge in [0.2, 0.25) is 0 Å². The summed E-state index contributed by atoms with van der Waals surface area (Å²) in [5.74, 6) is 0.709. The van der Waals surface area contributed by atoms with Crippen molar-refractivity contribution in [1.29, 1.82) is 0 Å². The topological polar surface area (TPSA) is 0 Å². The van der Waals surface area contributed by atoms with Gasteiger partial charge in [-0.15, -0.1) is 0 Å². The second kappa shape index (κ2) is 5.82. The number of benzene rings is 1. The fraction of sp³-hybridized carbons (Fsp3) is 0.400. The Hall–Kier alpha value is 0.220. The predicted octanol–water partition coefficient (Wildman–Crippen LogP) is 2.55. The Labute approximate surface area is 91.3 Å². The van der Waals surface area contributed by atoms with E-state index in [0.29, 0.717) is 5.92 Å². The van der Waals surface area contributed by atoms with Gasteiger partial charge in [-0.2, -0.15) is 0 Å². The van der Waals surface area contributed by atoms with Gasteiger partial charge >= 0.3 is 29.6 Å². The minimum atomic E-state index is 0. The summed E-state index contributed by atoms with van der Waals surface area (Å²) in [6.07, 6.45) is 1.23. The van der Waals surface area contributed by atoms with Crippen LogP contribution in [0.1, 0.15) is 31.7 Å². The molecule has 0 aromatic heterocycles. The summed E-state index contributed by atoms with van der Waals surface area (Å²) < 4.78 is 0. The zero-order valence-corrected chi connectivity index (χ0v) is 6.67. The number of hydrogen-bond acceptors (Lipinski definition) is 0. The molecule has 0 nitrogen and oxygen atoms in total. The van der Waals surface area contributed by atoms with E-state index in [9.17, 15) is 0 Å². The SMILES string of the molecule is CCC(C)c1ccccc1.[NaH]. The van der Waals surface area contributed by atoms with Crippen molar-refractivity contribution >= 4 is 29.6 Å². The van der Waals surface area contributed by atoms with Gasteiger partial charge < -0.3 is 0 Å². The van der Waals surface area contributed by atoms with Crippen molar-refractivity contribution in [2.24, 2.45) is 0 Å². The van der Waals surface area contributed by atoms with Crippen LogP contribution in [0.15, 0.2) is 30.3 Å². The molecule has 0 saturated carbocycles. The second-order valence-electron chi connectivity index (χ2n) is 2.72. The molecule has 0 fully saturated rings. The molecular formula is C10H15Na. The molecule has 0 amide bonds. The molecule has 0 heterocycles. The van der Waals surface area contributed by atoms with Crippen LogP contribution in [-0.4, -0.2) is 29.6 Å². The molecule has 0 N–H and O–H groups in total. The molecule has 0 bridgehead atoms. The zero-order valence-electron chi connectivity index (χ0n) is 6.67. The molecule has 1 aromatic rings. The Morgan fingerprint density at radius 1 is 1.18 bits per heavy atom. The van der Waals surface area contributed by atoms with Gasteiger partial charge in [-0.25, -0.2) is 0 Å². The summed E-state index contributed by atoms with van der Waals surface area (Å²) in [5.41, 5.74) is 1.45. The molecule has 0 aliphatic carbocycles. The van der Waals surface area contributed by atoms with Gasteiger partial charge in [-0.1, -0.05) is 44.2 Å². The quantitative estimate of drug-likeness (QED) is 0.580. The molecule has 56 valence electrons. The van der Waals surface area contributed by atoms with Gasteiger partial charge in [0.05, 0.1) is 0 Å². The van der Waals surface area contributed by atoms with E-state index in [-0.39, 0.29) is 29.6 Å². The second-order valence-corrected chi connectivity index (χ2v) is 2.72. The van der Waals surface area contributed by atoms with Crippen LogP contribution in [0.5, 0.6) is 0 Å². The molecule has 1 atom stereocenters. The fourth-order valence-electron chi connectivity index (χ4n) is 1.02. The Morgan fingerprint density at radius 2 is 1.73 bits per heavy atom. The van der Waals surface area contributed by atoms with Crippen molar-refractivity contribution in [1.82, 2.24) is 0 Å². The molecule has 1 aromatic carbocycles. The van der Waals surface area contributed by atoms with Crippen LogP contribution < -0.4 is 0 Å². The minimum absolute atomic E-state index is 0. The van der Waals surface area contributed by atoms with Crippen LogP contribution in [0.25, 0.3) is 0 Å². The van der Waals surface area contributed by atoms with E-state index >= 15 is 0 Å². The third kappa shape index (κ3) is 3.42. The third-order valence-electron chi connectivity index (χ3n) is 1.98. The van der Waals surface area contributed by atoms with Crippen LogP contribution >= 0.6 is 0 Å². The van der Waals surface area contributed by atoms with E-state index < -0.39 is 0 Å². The zero-order chi connectivity index (χ0) is 7.40. The molecule has 0 aliphatic heterocycles. The van der Waals surface area contributed by atoms with Crippen molar-refractivity contribution in [3.05, 3.63) is 35.9 Å². The average molecular weight is 158 g/mol. The van der Waals surface area contributed by atoms with E-state index in [1.165, 1.54) is 12.0 Å². The summed E-state index contributed by atoms with van der Waals surface area (Å²) in [7, 11) is 0. The molecule has 0 spiro atoms. The van der Waals surface area contributed by atoms with Crippen molar-refractivity contribution in [3.63, 3.8) is 0 Å². The van der Waals surface area contributed by atoms with Gasteiger partial charge in [-0.05, 0) is 17.9 Å². The van der Waals surface area contributed by atoms with Crippen LogP contribution in [0.2, 0.25) is 0 Å². The molecule has 0 aliphatic rings. The monoisotopic (exact) mass is 158 g/mol. The number of hydrogen-bond donors (Lipinski definition) is 0. The summed E-state index contributed by atoms with van der Waals surface area (Å²) in [5, 5.41) is 0. The first kappa shape index (κ1) is 11.2. The van der Waals surface area contributed by atoms with Crippen molar-refractivity contribution in [2.75, 3.05) is 0 Å². The van der Waals surface area contributed by atoms with Gasteiger partial charge in [-0.3, -0.25) is 0 Å². The summed E-state index contributed by atoms with van der Waals surface area (Å²) in [6, 6.07) is 10.6. The molecule has 11 heavy (non-hydrogen) atoms. The summed E-state index contributed by atoms with van der Waals surface area (Å²) >= 11 is 0. The Morgan fingerprint density at radius 3 is 2.18 bits per heavy atom. The molecule has 1 rings (SSSR count). The van der Waals surface area contributed by atoms with Crippen LogP contribution in [-0.2, 0) is 0 Å². The predicted molar refractivity (Wildman–Crippen MR) is 52.3 cm³/mol. The van der Waals surface area contributed by atoms with Crippen molar-refractivity contribution in [3.8, 4) is 0 Å². The van der Waals surface area contributed by atoms with Gasteiger partial charge in [0.15, 0.2) is 0 Å². The fourth-order valence-corrected chi connectivity index (χ4v) is 1.02. The average Bonchev–Trinajstić information content (AvgIpc) is 2.05. The van der Waals surface area contributed by atoms with E-state index in [1.54, 1.807) is 0 Å². The van der Waals surface area contributed by atoms with E-state index in [0.717, 1.165) is 0 Å². The Kier molecular flexibility index (Phi) is 5.93. The van der Waals surface area contributed by atoms with E-state index in [2.05, 4.69) is 44.2 Å². The molecule has 1 heteroatoms. The van der Waals surface area contributed by atoms with Gasteiger partial charge in [0, 0.05) is 0 Å². The Balaban J connectivity index is 0.000001000. The maximum absolute atomic E-state index is 2.26. The van der Waals surface area contributed by atoms with Crippen LogP contribution in [0.4, 0.5) is 0 Å². The van der Waals surface area contributed by atoms with E-state index in [4.69, 9.17) is 0 Å². The van der Waals surface area contributed by atoms with Gasteiger partial charge in [0.25, 0.3) is 0 Å². The first-order valence-electron chi connectivity index (χ1n) is 3.89. The molecular weight excluding hydrogens is 143 g/mol. The first-order chi connectivity index (χ1) is 4.84. The third-order valence-corrected chi connectivity index (χ3v) is 1.98. The number of rotatable bonds is 2. The molecule has 1 unspecified atom stereocenters. The normalized spacial score (nSPS) is 11.8. The molecule has 0 saturated heterocycles. The Bertz CT molecular complexity index is 181. The van der Waals surface area contributed by atoms with Crippen molar-refractivity contribution < 1.29 is 0 Å². The molecule has 0 radical (unpaired) electrons. The van der Waals surface area contributed by atoms with Gasteiger partial charge in [0.1, 0.15) is 0 Å². The first-order valence-corrected chi connectivity index (χ1v) is 3.89. The van der Waals surface area contributed by atoms with Crippen LogP contribution in [0.3, 0.4) is 0 Å². The summed E-state index contributed by atoms with van der Waals surface area (Å²) in [4.78, 5) is 0.